The molecule has 0 radical (unpaired) electrons. The molecule has 0 N–H and O–H groups in total. The lowest BCUT2D eigenvalue weighted by Gasteiger charge is -2.21. The molecule has 420 valence electrons. The molecule has 82 heavy (non-hydrogen) atoms. The Kier molecular flexibility index (Phi) is 20.3. The molecule has 4 aliphatic carbocycles. The van der Waals surface area contributed by atoms with Crippen molar-refractivity contribution in [1.29, 1.82) is 0 Å². The molecule has 7 aromatic carbocycles. The van der Waals surface area contributed by atoms with Crippen LogP contribution in [0.15, 0.2) is 150 Å². The van der Waals surface area contributed by atoms with Crippen molar-refractivity contribution in [2.24, 2.45) is 0 Å². The molecule has 0 heterocycles. The SMILES string of the molecule is Cc1cc(-c2ccc(F)cc2)cc(C2CC(=O)CC(=O)C2)c1.Cc1cc(-c2cccc(F)c2)cc(C2CC(=O)CC(=O)C2)c1.Cc1cc(-c2ccccc2F)cc(C2CC(=O)CC(=O)C2)c1.O=C1CC(=O)CC(c2cc(Cl)cc(Br)c2)C1. The average molecular weight is 1190 g/mol. The fourth-order valence-electron chi connectivity index (χ4n) is 11.3. The highest BCUT2D eigenvalue weighted by atomic mass is 79.9. The highest BCUT2D eigenvalue weighted by molar-refractivity contribution is 9.10. The van der Waals surface area contributed by atoms with Crippen molar-refractivity contribution in [2.75, 3.05) is 0 Å². The van der Waals surface area contributed by atoms with Gasteiger partial charge in [0.15, 0.2) is 0 Å². The number of carbonyl (C=O) groups is 8. The van der Waals surface area contributed by atoms with Crippen molar-refractivity contribution >= 4 is 73.8 Å². The summed E-state index contributed by atoms with van der Waals surface area (Å²) in [5, 5.41) is 0.620. The standard InChI is InChI=1S/3C19H17FO2.C12H10BrClO2/c1-12-6-14(13-2-4-17(20)5-3-13)8-15(7-12)16-9-18(21)11-19(22)10-16;1-12-5-14(13-3-2-4-17(20)8-13)7-15(6-12)16-9-18(21)11-19(22)10-16;1-12-6-13(14-9-16(21)11-17(22)10-14)8-15(7-12)18-4-2-3-5-19(18)20;13-9-1-7(2-10(14)5-9)8-3-11(15)6-12(16)4-8/h2*2-8,16H,9-11H2,1H3;2-8,14H,9-11H2,1H3;1-2,5,8H,3-4,6H2. The van der Waals surface area contributed by atoms with Crippen LogP contribution in [0.2, 0.25) is 5.02 Å². The average Bonchev–Trinajstić information content (AvgIpc) is 3.46. The van der Waals surface area contributed by atoms with Crippen LogP contribution in [0.1, 0.15) is 140 Å². The van der Waals surface area contributed by atoms with Gasteiger partial charge in [-0.05, 0) is 143 Å². The number of hydrogen-bond acceptors (Lipinski definition) is 8. The third-order valence-corrected chi connectivity index (χ3v) is 15.6. The van der Waals surface area contributed by atoms with Crippen LogP contribution < -0.4 is 0 Å². The maximum absolute atomic E-state index is 14.0. The number of aryl methyl sites for hydroxylation is 3. The van der Waals surface area contributed by atoms with E-state index >= 15 is 0 Å². The first-order chi connectivity index (χ1) is 39.1. The zero-order chi connectivity index (χ0) is 58.8. The van der Waals surface area contributed by atoms with Crippen molar-refractivity contribution in [3.8, 4) is 33.4 Å². The van der Waals surface area contributed by atoms with Gasteiger partial charge in [-0.15, -0.1) is 0 Å². The molecule has 13 heteroatoms. The summed E-state index contributed by atoms with van der Waals surface area (Å²) in [5.41, 5.74) is 12.0. The fraction of sp³-hybridized carbons (Fsp3) is 0.275. The molecule has 11 rings (SSSR count). The van der Waals surface area contributed by atoms with Crippen molar-refractivity contribution in [2.45, 2.75) is 121 Å². The van der Waals surface area contributed by atoms with E-state index in [1.165, 1.54) is 30.3 Å². The summed E-state index contributed by atoms with van der Waals surface area (Å²) >= 11 is 9.30. The molecule has 0 amide bonds. The Hall–Kier alpha value is -7.54. The third-order valence-electron chi connectivity index (χ3n) is 15.0. The largest absolute Gasteiger partial charge is 0.299 e. The van der Waals surface area contributed by atoms with E-state index in [9.17, 15) is 51.5 Å². The molecule has 0 spiro atoms. The van der Waals surface area contributed by atoms with Crippen LogP contribution in [0.5, 0.6) is 0 Å². The first-order valence-corrected chi connectivity index (χ1v) is 28.5. The van der Waals surface area contributed by atoms with Gasteiger partial charge in [0, 0.05) is 66.4 Å². The lowest BCUT2D eigenvalue weighted by molar-refractivity contribution is -0.131. The minimum absolute atomic E-state index is 0.00445. The van der Waals surface area contributed by atoms with Crippen LogP contribution in [0, 0.1) is 38.2 Å². The van der Waals surface area contributed by atoms with E-state index in [1.54, 1.807) is 42.5 Å². The first kappa shape index (κ1) is 60.6. The van der Waals surface area contributed by atoms with Crippen LogP contribution in [0.25, 0.3) is 33.4 Å². The summed E-state index contributed by atoms with van der Waals surface area (Å²) in [6, 6.07) is 42.8. The van der Waals surface area contributed by atoms with Gasteiger partial charge in [0.05, 0.1) is 25.7 Å². The molecular formula is C69H61BrClF3O8. The third kappa shape index (κ3) is 17.0. The predicted molar refractivity (Wildman–Crippen MR) is 315 cm³/mol. The molecule has 0 unspecified atom stereocenters. The Morgan fingerprint density at radius 3 is 1.13 bits per heavy atom. The second kappa shape index (κ2) is 27.5. The smallest absolute Gasteiger partial charge is 0.140 e. The van der Waals surface area contributed by atoms with Crippen LogP contribution in [-0.2, 0) is 38.4 Å². The minimum atomic E-state index is -0.274. The van der Waals surface area contributed by atoms with Crippen LogP contribution in [-0.4, -0.2) is 46.3 Å². The number of ketones is 8. The van der Waals surface area contributed by atoms with Gasteiger partial charge >= 0.3 is 0 Å². The number of rotatable bonds is 7. The van der Waals surface area contributed by atoms with E-state index in [4.69, 9.17) is 11.6 Å². The van der Waals surface area contributed by atoms with Gasteiger partial charge in [-0.3, -0.25) is 38.4 Å². The van der Waals surface area contributed by atoms with Gasteiger partial charge in [-0.1, -0.05) is 141 Å². The quantitative estimate of drug-likeness (QED) is 0.144. The lowest BCUT2D eigenvalue weighted by Crippen LogP contribution is -2.21. The van der Waals surface area contributed by atoms with E-state index in [0.29, 0.717) is 62.0 Å². The summed E-state index contributed by atoms with van der Waals surface area (Å²) in [6.45, 7) is 5.90. The van der Waals surface area contributed by atoms with E-state index in [0.717, 1.165) is 71.2 Å². The van der Waals surface area contributed by atoms with Gasteiger partial charge in [0.2, 0.25) is 0 Å². The number of benzene rings is 7. The van der Waals surface area contributed by atoms with Gasteiger partial charge in [0.25, 0.3) is 0 Å². The van der Waals surface area contributed by atoms with E-state index < -0.39 is 0 Å². The van der Waals surface area contributed by atoms with Gasteiger partial charge in [-0.25, -0.2) is 13.2 Å². The maximum atomic E-state index is 14.0. The maximum Gasteiger partial charge on any atom is 0.140 e. The second-order valence-electron chi connectivity index (χ2n) is 22.0. The van der Waals surface area contributed by atoms with Crippen molar-refractivity contribution in [3.05, 3.63) is 211 Å². The molecule has 0 aromatic heterocycles. The van der Waals surface area contributed by atoms with Crippen molar-refractivity contribution in [1.82, 2.24) is 0 Å². The number of Topliss-reactive ketones (excluding diaryl/α,β-unsaturated/α-hetero) is 8. The zero-order valence-corrected chi connectivity index (χ0v) is 48.1. The van der Waals surface area contributed by atoms with Crippen molar-refractivity contribution in [3.63, 3.8) is 0 Å². The summed E-state index contributed by atoms with van der Waals surface area (Å²) in [6.07, 6.45) is 3.66. The Morgan fingerprint density at radius 2 is 0.732 bits per heavy atom. The molecule has 0 bridgehead atoms. The normalized spacial score (nSPS) is 16.4. The number of halogens is 5. The van der Waals surface area contributed by atoms with Crippen molar-refractivity contribution < 1.29 is 51.5 Å². The van der Waals surface area contributed by atoms with E-state index in [1.807, 2.05) is 93.6 Å². The molecule has 4 fully saturated rings. The second-order valence-corrected chi connectivity index (χ2v) is 23.4. The van der Waals surface area contributed by atoms with Gasteiger partial charge < -0.3 is 0 Å². The molecule has 0 aliphatic heterocycles. The fourth-order valence-corrected chi connectivity index (χ4v) is 12.2. The van der Waals surface area contributed by atoms with Crippen LogP contribution in [0.3, 0.4) is 0 Å². The first-order valence-electron chi connectivity index (χ1n) is 27.3. The predicted octanol–water partition coefficient (Wildman–Crippen LogP) is 16.1. The van der Waals surface area contributed by atoms with Crippen LogP contribution >= 0.6 is 27.5 Å². The molecular weight excluding hydrogens is 1130 g/mol. The summed E-state index contributed by atoms with van der Waals surface area (Å²) in [4.78, 5) is 92.8. The molecule has 4 saturated carbocycles. The highest BCUT2D eigenvalue weighted by Crippen LogP contribution is 2.37. The minimum Gasteiger partial charge on any atom is -0.299 e. The molecule has 4 aliphatic rings. The zero-order valence-electron chi connectivity index (χ0n) is 45.8. The molecule has 8 nitrogen and oxygen atoms in total. The lowest BCUT2D eigenvalue weighted by atomic mass is 9.81. The monoisotopic (exact) mass is 1190 g/mol. The van der Waals surface area contributed by atoms with E-state index in [2.05, 4.69) is 15.9 Å². The Balaban J connectivity index is 0.000000144. The van der Waals surface area contributed by atoms with Gasteiger partial charge in [0.1, 0.15) is 63.7 Å². The summed E-state index contributed by atoms with van der Waals surface area (Å²) in [5.74, 6) is -0.891. The van der Waals surface area contributed by atoms with E-state index in [-0.39, 0.29) is 113 Å². The van der Waals surface area contributed by atoms with Crippen LogP contribution in [0.4, 0.5) is 13.2 Å². The summed E-state index contributed by atoms with van der Waals surface area (Å²) in [7, 11) is 0. The molecule has 7 aromatic rings. The Morgan fingerprint density at radius 1 is 0.354 bits per heavy atom. The molecule has 0 saturated heterocycles. The topological polar surface area (TPSA) is 137 Å². The highest BCUT2D eigenvalue weighted by Gasteiger charge is 2.30. The van der Waals surface area contributed by atoms with Gasteiger partial charge in [-0.2, -0.15) is 0 Å². The molecule has 0 atom stereocenters. The number of carbonyl (C=O) groups excluding carboxylic acids is 8. The Bertz CT molecular complexity index is 3540. The number of hydrogen-bond donors (Lipinski definition) is 0. The summed E-state index contributed by atoms with van der Waals surface area (Å²) < 4.78 is 41.4. The Labute approximate surface area is 489 Å².